The Labute approximate surface area is 127 Å². The van der Waals surface area contributed by atoms with Crippen molar-refractivity contribution in [3.63, 3.8) is 0 Å². The lowest BCUT2D eigenvalue weighted by Crippen LogP contribution is -4.29. The average molecular weight is 434 g/mol. The van der Waals surface area contributed by atoms with Gasteiger partial charge in [-0.15, -0.1) is 13.2 Å². The van der Waals surface area contributed by atoms with Crippen LogP contribution in [0.5, 0.6) is 0 Å². The number of benzene rings is 1. The first kappa shape index (κ1) is 16.9. The van der Waals surface area contributed by atoms with Crippen molar-refractivity contribution < 1.29 is 47.0 Å². The van der Waals surface area contributed by atoms with Gasteiger partial charge in [-0.25, -0.2) is 0 Å². The predicted molar refractivity (Wildman–Crippen MR) is 59.7 cm³/mol. The van der Waals surface area contributed by atoms with Crippen LogP contribution in [0.1, 0.15) is 23.6 Å². The van der Waals surface area contributed by atoms with Gasteiger partial charge in [0.25, 0.3) is 0 Å². The summed E-state index contributed by atoms with van der Waals surface area (Å²) in [6, 6.07) is 8.62. The van der Waals surface area contributed by atoms with Gasteiger partial charge >= 0.3 is 5.51 Å². The van der Waals surface area contributed by atoms with E-state index in [-0.39, 0.29) is 5.92 Å². The molecule has 1 atom stereocenters. The van der Waals surface area contributed by atoms with E-state index in [2.05, 4.69) is 0 Å². The number of rotatable bonds is 1. The maximum absolute atomic E-state index is 13.0. The van der Waals surface area contributed by atoms with Gasteiger partial charge in [0.1, 0.15) is 20.1 Å². The molecule has 0 N–H and O–H groups in total. The summed E-state index contributed by atoms with van der Waals surface area (Å²) >= 11 is -5.94. The van der Waals surface area contributed by atoms with Gasteiger partial charge in [0.2, 0.25) is 0 Å². The molecule has 1 fully saturated rings. The molecule has 0 bridgehead atoms. The third-order valence-electron chi connectivity index (χ3n) is 2.88. The summed E-state index contributed by atoms with van der Waals surface area (Å²) in [5.41, 5.74) is -4.12. The second kappa shape index (κ2) is 5.97. The van der Waals surface area contributed by atoms with E-state index in [1.54, 1.807) is 30.3 Å². The molecule has 9 heteroatoms. The summed E-state index contributed by atoms with van der Waals surface area (Å²) in [6.07, 6.45) is 1.83. The molecule has 3 rings (SSSR count). The van der Waals surface area contributed by atoms with Crippen LogP contribution in [0.2, 0.25) is 0 Å². The lowest BCUT2D eigenvalue weighted by atomic mass is 10.2. The molecule has 1 aromatic carbocycles. The fourth-order valence-electron chi connectivity index (χ4n) is 2.04. The minimum absolute atomic E-state index is 0.178. The molecule has 21 heavy (non-hydrogen) atoms. The first-order valence-corrected chi connectivity index (χ1v) is 10.6. The summed E-state index contributed by atoms with van der Waals surface area (Å²) in [7, 11) is -1.66. The number of hydrogen-bond donors (Lipinski definition) is 0. The van der Waals surface area contributed by atoms with Crippen LogP contribution in [0.4, 0.5) is 13.2 Å². The smallest absolute Gasteiger partial charge is 0.286 e. The predicted octanol–water partition coefficient (Wildman–Crippen LogP) is -2.81. The number of hydrogen-bond acceptors (Lipinski definition) is 4. The summed E-state index contributed by atoms with van der Waals surface area (Å²) in [5, 5.41) is 0.755. The zero-order chi connectivity index (χ0) is 15.8. The minimum atomic E-state index is -5.94. The van der Waals surface area contributed by atoms with E-state index < -0.39 is 36.1 Å². The summed E-state index contributed by atoms with van der Waals surface area (Å²) in [5.74, 6) is 0.178. The SMILES string of the molecule is FC(F)(F)[s+]1c(C2CC2)cc2ccccc21.[O-][I+3]([O-])([O-])[O-]. The van der Waals surface area contributed by atoms with Crippen LogP contribution in [0.25, 0.3) is 10.1 Å². The monoisotopic (exact) mass is 434 g/mol. The fraction of sp³-hybridized carbons (Fsp3) is 0.333. The Bertz CT molecular complexity index is 625. The van der Waals surface area contributed by atoms with E-state index in [0.29, 0.717) is 9.58 Å². The molecule has 0 spiro atoms. The van der Waals surface area contributed by atoms with E-state index in [0.717, 1.165) is 18.2 Å². The molecule has 0 saturated heterocycles. The van der Waals surface area contributed by atoms with Gasteiger partial charge < -0.3 is 0 Å². The highest BCUT2D eigenvalue weighted by Crippen LogP contribution is 2.57. The maximum Gasteiger partial charge on any atom is 0.600 e. The van der Waals surface area contributed by atoms with Crippen molar-refractivity contribution >= 4 is 20.6 Å². The van der Waals surface area contributed by atoms with E-state index >= 15 is 0 Å². The van der Waals surface area contributed by atoms with Gasteiger partial charge in [-0.2, -0.15) is 0 Å². The van der Waals surface area contributed by atoms with E-state index in [4.69, 9.17) is 13.7 Å². The quantitative estimate of drug-likeness (QED) is 0.358. The van der Waals surface area contributed by atoms with E-state index in [9.17, 15) is 13.2 Å². The Morgan fingerprint density at radius 2 is 1.57 bits per heavy atom. The molecular formula is C12H10F3IO4S. The van der Waals surface area contributed by atoms with Crippen LogP contribution < -0.4 is 33.8 Å². The molecule has 0 amide bonds. The topological polar surface area (TPSA) is 92.2 Å². The Balaban J connectivity index is 0.000000282. The van der Waals surface area contributed by atoms with Crippen molar-refractivity contribution in [3.05, 3.63) is 35.2 Å². The molecule has 2 aromatic rings. The molecule has 1 aromatic heterocycles. The average Bonchev–Trinajstić information content (AvgIpc) is 3.05. The first-order chi connectivity index (χ1) is 9.57. The van der Waals surface area contributed by atoms with Crippen LogP contribution >= 0.6 is 10.5 Å². The zero-order valence-electron chi connectivity index (χ0n) is 10.4. The molecular weight excluding hydrogens is 424 g/mol. The van der Waals surface area contributed by atoms with Crippen molar-refractivity contribution in [2.75, 3.05) is 0 Å². The summed E-state index contributed by atoms with van der Waals surface area (Å²) in [6.45, 7) is 0. The van der Waals surface area contributed by atoms with Gasteiger partial charge in [0, 0.05) is 17.4 Å². The normalized spacial score (nSPS) is 16.6. The first-order valence-electron chi connectivity index (χ1n) is 5.81. The molecule has 0 radical (unpaired) electrons. The van der Waals surface area contributed by atoms with Gasteiger partial charge in [-0.1, -0.05) is 12.1 Å². The molecule has 116 valence electrons. The van der Waals surface area contributed by atoms with Crippen molar-refractivity contribution in [1.82, 2.24) is 0 Å². The summed E-state index contributed by atoms with van der Waals surface area (Å²) in [4.78, 5) is 0.605. The fourth-order valence-corrected chi connectivity index (χ4v) is 4.20. The molecule has 1 saturated carbocycles. The molecule has 0 aliphatic heterocycles. The van der Waals surface area contributed by atoms with Crippen molar-refractivity contribution in [3.8, 4) is 0 Å². The third-order valence-corrected chi connectivity index (χ3v) is 5.08. The minimum Gasteiger partial charge on any atom is -0.286 e. The second-order valence-electron chi connectivity index (χ2n) is 4.49. The van der Waals surface area contributed by atoms with Crippen molar-refractivity contribution in [2.45, 2.75) is 24.3 Å². The Morgan fingerprint density at radius 1 is 1.05 bits per heavy atom. The summed E-state index contributed by atoms with van der Waals surface area (Å²) < 4.78 is 74.1. The van der Waals surface area contributed by atoms with E-state index in [1.165, 1.54) is 0 Å². The lowest BCUT2D eigenvalue weighted by molar-refractivity contribution is -2.00. The van der Waals surface area contributed by atoms with Crippen LogP contribution in [-0.2, 0) is 5.51 Å². The van der Waals surface area contributed by atoms with Crippen molar-refractivity contribution in [2.24, 2.45) is 0 Å². The van der Waals surface area contributed by atoms with Crippen LogP contribution in [0.15, 0.2) is 30.3 Å². The second-order valence-corrected chi connectivity index (χ2v) is 8.63. The van der Waals surface area contributed by atoms with Gasteiger partial charge in [0.15, 0.2) is 9.58 Å². The number of thiophene rings is 1. The van der Waals surface area contributed by atoms with Gasteiger partial charge in [-0.3, -0.25) is 13.7 Å². The van der Waals surface area contributed by atoms with Crippen LogP contribution in [0.3, 0.4) is 0 Å². The van der Waals surface area contributed by atoms with Gasteiger partial charge in [-0.05, 0) is 25.0 Å². The number of halogens is 4. The van der Waals surface area contributed by atoms with E-state index in [1.807, 2.05) is 0 Å². The molecule has 1 unspecified atom stereocenters. The molecule has 1 aliphatic rings. The highest BCUT2D eigenvalue weighted by Gasteiger charge is 2.50. The Hall–Kier alpha value is -0.460. The van der Waals surface area contributed by atoms with Crippen LogP contribution in [-0.4, -0.2) is 0 Å². The van der Waals surface area contributed by atoms with Crippen molar-refractivity contribution in [1.29, 1.82) is 0 Å². The molecule has 1 heterocycles. The molecule has 4 nitrogen and oxygen atoms in total. The highest BCUT2D eigenvalue weighted by atomic mass is 127. The lowest BCUT2D eigenvalue weighted by Gasteiger charge is -2.08. The standard InChI is InChI=1S/C12H10F3S.IO4/c13-12(14,15)16-10-4-2-1-3-9(10)7-11(16)8-5-6-8;2-1(3,4)5/h1-4,7-8H,5-6H2;/q+1;-1. The molecule has 1 aliphatic carbocycles. The highest BCUT2D eigenvalue weighted by molar-refractivity contribution is 7.38. The Morgan fingerprint density at radius 3 is 2.05 bits per heavy atom. The maximum atomic E-state index is 13.0. The Kier molecular flexibility index (Phi) is 4.81. The number of fused-ring (bicyclic) bond motifs is 1. The third kappa shape index (κ3) is 4.76. The zero-order valence-corrected chi connectivity index (χ0v) is 13.4. The number of alkyl halides is 3. The van der Waals surface area contributed by atoms with Crippen LogP contribution in [0, 0.1) is 0 Å². The largest absolute Gasteiger partial charge is 0.600 e. The van der Waals surface area contributed by atoms with Gasteiger partial charge in [0.05, 0.1) is 10.5 Å².